The first-order valence-electron chi connectivity index (χ1n) is 6.08. The van der Waals surface area contributed by atoms with E-state index in [1.165, 1.54) is 25.7 Å². The predicted octanol–water partition coefficient (Wildman–Crippen LogP) is 3.32. The lowest BCUT2D eigenvalue weighted by Gasteiger charge is -2.21. The van der Waals surface area contributed by atoms with Crippen LogP contribution in [0.15, 0.2) is 12.7 Å². The maximum atomic E-state index is 11.7. The van der Waals surface area contributed by atoms with Crippen LogP contribution in [0, 0.1) is 11.8 Å². The van der Waals surface area contributed by atoms with Gasteiger partial charge in [-0.05, 0) is 25.7 Å². The van der Waals surface area contributed by atoms with E-state index < -0.39 is 0 Å². The Balaban J connectivity index is 2.54. The number of hydrogen-bond donors (Lipinski definition) is 0. The molecule has 0 aliphatic heterocycles. The molecule has 1 atom stereocenters. The maximum absolute atomic E-state index is 11.7. The summed E-state index contributed by atoms with van der Waals surface area (Å²) in [6.45, 7) is 6.09. The SMILES string of the molecule is C=CC(C(=O)OCC)C1CCCCCC1. The Kier molecular flexibility index (Phi) is 5.44. The van der Waals surface area contributed by atoms with Gasteiger partial charge < -0.3 is 4.74 Å². The lowest BCUT2D eigenvalue weighted by atomic mass is 9.86. The number of carbonyl (C=O) groups is 1. The molecule has 0 bridgehead atoms. The predicted molar refractivity (Wildman–Crippen MR) is 61.5 cm³/mol. The molecule has 1 unspecified atom stereocenters. The molecule has 15 heavy (non-hydrogen) atoms. The lowest BCUT2D eigenvalue weighted by molar-refractivity contribution is -0.148. The van der Waals surface area contributed by atoms with Crippen molar-refractivity contribution in [2.75, 3.05) is 6.61 Å². The van der Waals surface area contributed by atoms with Gasteiger partial charge in [0.05, 0.1) is 12.5 Å². The van der Waals surface area contributed by atoms with E-state index in [-0.39, 0.29) is 11.9 Å². The number of esters is 1. The van der Waals surface area contributed by atoms with Crippen LogP contribution in [0.5, 0.6) is 0 Å². The summed E-state index contributed by atoms with van der Waals surface area (Å²) in [5, 5.41) is 0. The van der Waals surface area contributed by atoms with E-state index in [0.29, 0.717) is 12.5 Å². The smallest absolute Gasteiger partial charge is 0.313 e. The highest BCUT2D eigenvalue weighted by Crippen LogP contribution is 2.30. The zero-order valence-corrected chi connectivity index (χ0v) is 9.71. The van der Waals surface area contributed by atoms with Crippen LogP contribution in [0.25, 0.3) is 0 Å². The summed E-state index contributed by atoms with van der Waals surface area (Å²) >= 11 is 0. The van der Waals surface area contributed by atoms with Gasteiger partial charge in [0.25, 0.3) is 0 Å². The molecule has 1 fully saturated rings. The molecule has 1 aliphatic rings. The first kappa shape index (κ1) is 12.3. The Morgan fingerprint density at radius 2 is 2.00 bits per heavy atom. The Morgan fingerprint density at radius 3 is 2.47 bits per heavy atom. The fourth-order valence-corrected chi connectivity index (χ4v) is 2.39. The summed E-state index contributed by atoms with van der Waals surface area (Å²) in [7, 11) is 0. The van der Waals surface area contributed by atoms with Gasteiger partial charge in [0.15, 0.2) is 0 Å². The highest BCUT2D eigenvalue weighted by atomic mass is 16.5. The molecule has 0 N–H and O–H groups in total. The van der Waals surface area contributed by atoms with Crippen LogP contribution in [0.4, 0.5) is 0 Å². The molecule has 1 aliphatic carbocycles. The topological polar surface area (TPSA) is 26.3 Å². The molecule has 2 nitrogen and oxygen atoms in total. The second kappa shape index (κ2) is 6.65. The van der Waals surface area contributed by atoms with Gasteiger partial charge >= 0.3 is 5.97 Å². The minimum absolute atomic E-state index is 0.0805. The van der Waals surface area contributed by atoms with Gasteiger partial charge in [-0.15, -0.1) is 6.58 Å². The average molecular weight is 210 g/mol. The number of rotatable bonds is 4. The maximum Gasteiger partial charge on any atom is 0.313 e. The van der Waals surface area contributed by atoms with Crippen LogP contribution in [-0.2, 0) is 9.53 Å². The summed E-state index contributed by atoms with van der Waals surface area (Å²) in [5.74, 6) is 0.298. The molecule has 0 spiro atoms. The number of carbonyl (C=O) groups excluding carboxylic acids is 1. The van der Waals surface area contributed by atoms with Gasteiger partial charge in [0, 0.05) is 0 Å². The van der Waals surface area contributed by atoms with Crippen molar-refractivity contribution >= 4 is 5.97 Å². The fraction of sp³-hybridized carbons (Fsp3) is 0.769. The quantitative estimate of drug-likeness (QED) is 0.404. The van der Waals surface area contributed by atoms with E-state index in [1.54, 1.807) is 6.08 Å². The second-order valence-corrected chi connectivity index (χ2v) is 4.27. The summed E-state index contributed by atoms with van der Waals surface area (Å²) in [5.41, 5.74) is 0. The summed E-state index contributed by atoms with van der Waals surface area (Å²) in [6.07, 6.45) is 9.17. The molecule has 0 saturated heterocycles. The van der Waals surface area contributed by atoms with Crippen molar-refractivity contribution in [2.45, 2.75) is 45.4 Å². The van der Waals surface area contributed by atoms with Gasteiger partial charge in [-0.2, -0.15) is 0 Å². The number of ether oxygens (including phenoxy) is 1. The van der Waals surface area contributed by atoms with E-state index in [1.807, 2.05) is 6.92 Å². The summed E-state index contributed by atoms with van der Waals surface area (Å²) < 4.78 is 5.08. The van der Waals surface area contributed by atoms with E-state index in [2.05, 4.69) is 6.58 Å². The van der Waals surface area contributed by atoms with Crippen molar-refractivity contribution in [1.82, 2.24) is 0 Å². The van der Waals surface area contributed by atoms with Gasteiger partial charge in [0.1, 0.15) is 0 Å². The summed E-state index contributed by atoms with van der Waals surface area (Å²) in [6, 6.07) is 0. The molecular formula is C13H22O2. The molecule has 0 aromatic heterocycles. The Bertz CT molecular complexity index is 203. The van der Waals surface area contributed by atoms with Gasteiger partial charge in [0.2, 0.25) is 0 Å². The molecule has 0 amide bonds. The molecule has 0 heterocycles. The first-order chi connectivity index (χ1) is 7.29. The van der Waals surface area contributed by atoms with Crippen molar-refractivity contribution in [3.63, 3.8) is 0 Å². The summed E-state index contributed by atoms with van der Waals surface area (Å²) in [4.78, 5) is 11.7. The van der Waals surface area contributed by atoms with Gasteiger partial charge in [-0.25, -0.2) is 0 Å². The fourth-order valence-electron chi connectivity index (χ4n) is 2.39. The van der Waals surface area contributed by atoms with E-state index >= 15 is 0 Å². The van der Waals surface area contributed by atoms with Crippen LogP contribution in [0.2, 0.25) is 0 Å². The monoisotopic (exact) mass is 210 g/mol. The highest BCUT2D eigenvalue weighted by Gasteiger charge is 2.27. The third-order valence-electron chi connectivity index (χ3n) is 3.22. The van der Waals surface area contributed by atoms with Crippen LogP contribution < -0.4 is 0 Å². The van der Waals surface area contributed by atoms with Crippen molar-refractivity contribution in [1.29, 1.82) is 0 Å². The van der Waals surface area contributed by atoms with Crippen LogP contribution in [-0.4, -0.2) is 12.6 Å². The van der Waals surface area contributed by atoms with Crippen molar-refractivity contribution in [3.05, 3.63) is 12.7 Å². The third-order valence-corrected chi connectivity index (χ3v) is 3.22. The third kappa shape index (κ3) is 3.69. The minimum Gasteiger partial charge on any atom is -0.466 e. The Labute approximate surface area is 92.7 Å². The molecule has 0 aromatic carbocycles. The zero-order valence-electron chi connectivity index (χ0n) is 9.71. The molecule has 0 aromatic rings. The molecular weight excluding hydrogens is 188 g/mol. The standard InChI is InChI=1S/C13H22O2/c1-3-12(13(14)15-4-2)11-9-7-5-6-8-10-11/h3,11-12H,1,4-10H2,2H3. The molecule has 86 valence electrons. The van der Waals surface area contributed by atoms with E-state index in [9.17, 15) is 4.79 Å². The first-order valence-corrected chi connectivity index (χ1v) is 6.08. The van der Waals surface area contributed by atoms with Crippen molar-refractivity contribution in [2.24, 2.45) is 11.8 Å². The minimum atomic E-state index is -0.0839. The zero-order chi connectivity index (χ0) is 11.1. The molecule has 0 radical (unpaired) electrons. The van der Waals surface area contributed by atoms with Crippen molar-refractivity contribution < 1.29 is 9.53 Å². The van der Waals surface area contributed by atoms with Crippen LogP contribution in [0.1, 0.15) is 45.4 Å². The van der Waals surface area contributed by atoms with Gasteiger partial charge in [-0.1, -0.05) is 31.8 Å². The van der Waals surface area contributed by atoms with Crippen LogP contribution in [0.3, 0.4) is 0 Å². The highest BCUT2D eigenvalue weighted by molar-refractivity contribution is 5.74. The van der Waals surface area contributed by atoms with Crippen molar-refractivity contribution in [3.8, 4) is 0 Å². The van der Waals surface area contributed by atoms with E-state index in [0.717, 1.165) is 12.8 Å². The van der Waals surface area contributed by atoms with E-state index in [4.69, 9.17) is 4.74 Å². The van der Waals surface area contributed by atoms with Crippen LogP contribution >= 0.6 is 0 Å². The normalized spacial score (nSPS) is 20.3. The second-order valence-electron chi connectivity index (χ2n) is 4.27. The molecule has 1 saturated carbocycles. The Morgan fingerprint density at radius 1 is 1.40 bits per heavy atom. The molecule has 2 heteroatoms. The lowest BCUT2D eigenvalue weighted by Crippen LogP contribution is -2.23. The van der Waals surface area contributed by atoms with Gasteiger partial charge in [-0.3, -0.25) is 4.79 Å². The number of hydrogen-bond acceptors (Lipinski definition) is 2. The molecule has 1 rings (SSSR count). The largest absolute Gasteiger partial charge is 0.466 e. The Hall–Kier alpha value is -0.790. The average Bonchev–Trinajstić information content (AvgIpc) is 2.48.